The molecule has 12 nitrogen and oxygen atoms in total. The minimum Gasteiger partial charge on any atom is -0.612 e. The van der Waals surface area contributed by atoms with Crippen LogP contribution in [0.15, 0.2) is 70.9 Å². The fraction of sp³-hybridized carbons (Fsp3) is 0.136. The van der Waals surface area contributed by atoms with Gasteiger partial charge in [0.25, 0.3) is 17.7 Å². The molecule has 2 N–H and O–H groups in total. The second kappa shape index (κ2) is 10.6. The minimum absolute atomic E-state index is 0.113. The van der Waals surface area contributed by atoms with E-state index in [1.807, 2.05) is 11.4 Å². The first-order valence-electron chi connectivity index (χ1n) is 9.94. The lowest BCUT2D eigenvalue weighted by Crippen LogP contribution is -2.43. The Labute approximate surface area is 193 Å². The smallest absolute Gasteiger partial charge is 0.279 e. The van der Waals surface area contributed by atoms with E-state index >= 15 is 0 Å². The molecular formula is C22H19N6O6-. The van der Waals surface area contributed by atoms with Gasteiger partial charge in [0, 0.05) is 18.2 Å². The van der Waals surface area contributed by atoms with Gasteiger partial charge in [0.2, 0.25) is 11.6 Å². The Hall–Kier alpha value is -4.87. The third-order valence-electron chi connectivity index (χ3n) is 4.55. The number of allylic oxidation sites excluding steroid dienone is 4. The van der Waals surface area contributed by atoms with Crippen LogP contribution in [0.5, 0.6) is 0 Å². The molecule has 2 aliphatic rings. The predicted molar refractivity (Wildman–Crippen MR) is 123 cm³/mol. The molecule has 3 rings (SSSR count). The Bertz CT molecular complexity index is 1170. The van der Waals surface area contributed by atoms with E-state index in [4.69, 9.17) is 0 Å². The van der Waals surface area contributed by atoms with Crippen molar-refractivity contribution in [3.63, 3.8) is 0 Å². The molecule has 0 fully saturated rings. The fourth-order valence-corrected chi connectivity index (χ4v) is 2.85. The summed E-state index contributed by atoms with van der Waals surface area (Å²) in [6, 6.07) is 7.88. The first-order chi connectivity index (χ1) is 16.2. The zero-order valence-corrected chi connectivity index (χ0v) is 17.9. The topological polar surface area (TPSA) is 169 Å². The van der Waals surface area contributed by atoms with Crippen molar-refractivity contribution in [1.82, 2.24) is 15.8 Å². The highest BCUT2D eigenvalue weighted by molar-refractivity contribution is 6.19. The van der Waals surface area contributed by atoms with Gasteiger partial charge >= 0.3 is 0 Å². The van der Waals surface area contributed by atoms with Gasteiger partial charge in [-0.1, -0.05) is 30.3 Å². The Morgan fingerprint density at radius 2 is 1.82 bits per heavy atom. The summed E-state index contributed by atoms with van der Waals surface area (Å²) in [5.74, 6) is -3.27. The zero-order valence-electron chi connectivity index (χ0n) is 17.9. The second-order valence-corrected chi connectivity index (χ2v) is 7.07. The Morgan fingerprint density at radius 3 is 2.47 bits per heavy atom. The number of hydrogen-bond acceptors (Lipinski definition) is 9. The minimum atomic E-state index is -1.06. The molecule has 1 atom stereocenters. The van der Waals surface area contributed by atoms with Crippen LogP contribution in [-0.2, 0) is 19.2 Å². The molecule has 4 amide bonds. The molecular weight excluding hydrogens is 444 g/mol. The highest BCUT2D eigenvalue weighted by Crippen LogP contribution is 2.11. The van der Waals surface area contributed by atoms with Crippen molar-refractivity contribution in [3.8, 4) is 0 Å². The average Bonchev–Trinajstić information content (AvgIpc) is 3.10. The highest BCUT2D eigenvalue weighted by atomic mass is 16.8. The fourth-order valence-electron chi connectivity index (χ4n) is 2.85. The maximum Gasteiger partial charge on any atom is 0.279 e. The molecule has 1 unspecified atom stereocenters. The summed E-state index contributed by atoms with van der Waals surface area (Å²) in [6.45, 7) is 1.49. The number of hydrogen-bond donors (Lipinski definition) is 2. The van der Waals surface area contributed by atoms with E-state index in [0.717, 1.165) is 11.6 Å². The molecule has 1 aliphatic heterocycles. The summed E-state index contributed by atoms with van der Waals surface area (Å²) >= 11 is 0. The van der Waals surface area contributed by atoms with Crippen LogP contribution in [0.1, 0.15) is 18.9 Å². The van der Waals surface area contributed by atoms with Crippen LogP contribution in [0.3, 0.4) is 0 Å². The standard InChI is InChI=1S/C22H19N6O6/c1-14-21(25-24-16-8-10-17(11-9-16)28(33)34)22(32)27(26-14)20(31)13-19(30)23-18(29)12-7-15-5-3-2-4-6-15/h2-12,21,25H,13H2,1H3,(H-,23,24,29,30,33,34)/q-1/b12-7+. The number of carbonyl (C=O) groups excluding carboxylic acids is 4. The van der Waals surface area contributed by atoms with Gasteiger partial charge < -0.3 is 10.4 Å². The van der Waals surface area contributed by atoms with Crippen LogP contribution in [0.25, 0.3) is 6.08 Å². The monoisotopic (exact) mass is 463 g/mol. The molecule has 174 valence electrons. The van der Waals surface area contributed by atoms with Gasteiger partial charge in [-0.25, -0.2) is 0 Å². The summed E-state index contributed by atoms with van der Waals surface area (Å²) in [4.78, 5) is 48.3. The van der Waals surface area contributed by atoms with E-state index in [1.165, 1.54) is 37.3 Å². The normalized spacial score (nSPS) is 17.1. The van der Waals surface area contributed by atoms with Gasteiger partial charge in [0.1, 0.15) is 6.42 Å². The molecule has 0 saturated carbocycles. The summed E-state index contributed by atoms with van der Waals surface area (Å²) in [5, 5.41) is 31.9. The van der Waals surface area contributed by atoms with E-state index in [1.54, 1.807) is 24.3 Å². The van der Waals surface area contributed by atoms with Gasteiger partial charge in [-0.15, -0.1) is 0 Å². The maximum absolute atomic E-state index is 12.6. The molecule has 12 heteroatoms. The van der Waals surface area contributed by atoms with Crippen molar-refractivity contribution in [1.29, 1.82) is 0 Å². The summed E-state index contributed by atoms with van der Waals surface area (Å²) < 4.78 is 0. The number of hydrazone groups is 2. The summed E-state index contributed by atoms with van der Waals surface area (Å²) in [5.41, 5.74) is 3.75. The molecule has 34 heavy (non-hydrogen) atoms. The first kappa shape index (κ1) is 23.8. The van der Waals surface area contributed by atoms with Gasteiger partial charge in [-0.05, 0) is 30.7 Å². The van der Waals surface area contributed by atoms with Crippen LogP contribution < -0.4 is 10.7 Å². The SMILES string of the molecule is CC1=NN(C(=O)CC(=O)NC(=O)/C=C/c2ccccc2)C(=O)C1NN=C1C=CC(=[N+]([O-])[O-])C=C1. The number of amides is 4. The molecule has 1 aliphatic carbocycles. The van der Waals surface area contributed by atoms with E-state index in [-0.39, 0.29) is 11.4 Å². The van der Waals surface area contributed by atoms with Gasteiger partial charge in [-0.3, -0.25) is 29.9 Å². The number of benzene rings is 1. The largest absolute Gasteiger partial charge is 0.612 e. The van der Waals surface area contributed by atoms with E-state index in [2.05, 4.69) is 15.6 Å². The first-order valence-corrected chi connectivity index (χ1v) is 9.94. The number of nitrogens with one attached hydrogen (secondary N) is 2. The third kappa shape index (κ3) is 6.09. The average molecular weight is 463 g/mol. The quantitative estimate of drug-likeness (QED) is 0.202. The van der Waals surface area contributed by atoms with E-state index in [9.17, 15) is 29.6 Å². The number of rotatable bonds is 6. The lowest BCUT2D eigenvalue weighted by Gasteiger charge is -2.13. The number of imide groups is 2. The van der Waals surface area contributed by atoms with Crippen LogP contribution in [0, 0.1) is 10.4 Å². The molecule has 1 aromatic carbocycles. The molecule has 0 bridgehead atoms. The van der Waals surface area contributed by atoms with Gasteiger partial charge in [0.15, 0.2) is 6.04 Å². The second-order valence-electron chi connectivity index (χ2n) is 7.07. The molecule has 0 radical (unpaired) electrons. The lowest BCUT2D eigenvalue weighted by molar-refractivity contribution is -0.377. The summed E-state index contributed by atoms with van der Waals surface area (Å²) in [6.07, 6.45) is 7.17. The van der Waals surface area contributed by atoms with Gasteiger partial charge in [0.05, 0.1) is 11.4 Å². The maximum atomic E-state index is 12.6. The predicted octanol–water partition coefficient (Wildman–Crippen LogP) is 0.367. The van der Waals surface area contributed by atoms with Crippen molar-refractivity contribution in [2.45, 2.75) is 19.4 Å². The Balaban J connectivity index is 1.53. The molecule has 0 saturated heterocycles. The van der Waals surface area contributed by atoms with E-state index < -0.39 is 41.0 Å². The zero-order chi connectivity index (χ0) is 24.7. The van der Waals surface area contributed by atoms with Crippen LogP contribution >= 0.6 is 0 Å². The molecule has 1 heterocycles. The number of carbonyl (C=O) groups is 4. The third-order valence-corrected chi connectivity index (χ3v) is 4.55. The van der Waals surface area contributed by atoms with Crippen molar-refractivity contribution in [2.24, 2.45) is 10.2 Å². The Kier molecular flexibility index (Phi) is 7.44. The van der Waals surface area contributed by atoms with Crippen molar-refractivity contribution < 1.29 is 24.1 Å². The lowest BCUT2D eigenvalue weighted by atomic mass is 10.1. The molecule has 1 aromatic rings. The number of nitrogens with zero attached hydrogens (tertiary/aromatic N) is 4. The van der Waals surface area contributed by atoms with Crippen LogP contribution in [-0.4, -0.2) is 56.7 Å². The Morgan fingerprint density at radius 1 is 1.15 bits per heavy atom. The van der Waals surface area contributed by atoms with Gasteiger partial charge in [-0.2, -0.15) is 20.1 Å². The van der Waals surface area contributed by atoms with Crippen LogP contribution in [0.4, 0.5) is 0 Å². The van der Waals surface area contributed by atoms with Crippen molar-refractivity contribution >= 4 is 46.8 Å². The molecule has 0 aromatic heterocycles. The summed E-state index contributed by atoms with van der Waals surface area (Å²) in [7, 11) is 0. The molecule has 0 spiro atoms. The van der Waals surface area contributed by atoms with Crippen LogP contribution in [0.2, 0.25) is 0 Å². The van der Waals surface area contributed by atoms with Crippen molar-refractivity contribution in [2.75, 3.05) is 0 Å². The highest BCUT2D eigenvalue weighted by Gasteiger charge is 2.37. The van der Waals surface area contributed by atoms with Crippen molar-refractivity contribution in [3.05, 3.63) is 76.7 Å². The van der Waals surface area contributed by atoms with E-state index in [0.29, 0.717) is 10.7 Å².